The third-order valence-corrected chi connectivity index (χ3v) is 3.24. The van der Waals surface area contributed by atoms with Gasteiger partial charge in [0.05, 0.1) is 0 Å². The normalized spacial score (nSPS) is 9.60. The van der Waals surface area contributed by atoms with E-state index < -0.39 is 10.0 Å². The lowest BCUT2D eigenvalue weighted by atomic mass is 10.3. The maximum atomic E-state index is 11.4. The van der Waals surface area contributed by atoms with Crippen molar-refractivity contribution in [3.63, 3.8) is 0 Å². The summed E-state index contributed by atoms with van der Waals surface area (Å²) in [5, 5.41) is 5.02. The minimum atomic E-state index is -3.87. The maximum absolute atomic E-state index is 11.4. The molecule has 1 aromatic rings. The smallest absolute Gasteiger partial charge is 0.309 e. The van der Waals surface area contributed by atoms with Crippen molar-refractivity contribution in [2.45, 2.75) is 25.8 Å². The van der Waals surface area contributed by atoms with Crippen LogP contribution in [0, 0.1) is 0 Å². The number of aromatic nitrogens is 1. The molecule has 0 aliphatic carbocycles. The van der Waals surface area contributed by atoms with Gasteiger partial charge in [-0.25, -0.2) is 13.6 Å². The van der Waals surface area contributed by atoms with Gasteiger partial charge < -0.3 is 4.90 Å². The molecule has 2 N–H and O–H groups in total. The Morgan fingerprint density at radius 3 is 2.15 bits per heavy atom. The Bertz CT molecular complexity index is 536. The van der Waals surface area contributed by atoms with Crippen LogP contribution in [0.25, 0.3) is 0 Å². The first-order chi connectivity index (χ1) is 9.25. The van der Waals surface area contributed by atoms with Gasteiger partial charge in [0.2, 0.25) is 5.91 Å². The number of anilines is 1. The molecule has 0 aliphatic heterocycles. The summed E-state index contributed by atoms with van der Waals surface area (Å²) in [4.78, 5) is 12.5. The summed E-state index contributed by atoms with van der Waals surface area (Å²) in [6.45, 7) is 5.35. The van der Waals surface area contributed by atoms with Gasteiger partial charge in [0, 0.05) is 57.3 Å². The second-order valence-corrected chi connectivity index (χ2v) is 4.91. The van der Waals surface area contributed by atoms with Gasteiger partial charge in [-0.05, 0) is 6.07 Å². The Morgan fingerprint density at radius 2 is 1.80 bits per heavy atom. The molecule has 0 radical (unpaired) electrons. The van der Waals surface area contributed by atoms with E-state index in [-0.39, 0.29) is 16.6 Å². The molecule has 1 amide bonds. The molecular weight excluding hydrogens is 508 g/mol. The number of hydrogen-bond donors (Lipinski definition) is 1. The highest BCUT2D eigenvalue weighted by Crippen LogP contribution is 2.18. The molecule has 0 bridgehead atoms. The summed E-state index contributed by atoms with van der Waals surface area (Å²) in [5.41, 5.74) is 0.264. The van der Waals surface area contributed by atoms with Gasteiger partial charge in [-0.2, -0.15) is 4.57 Å². The molecular formula is C11H20I2N3O3S+. The van der Waals surface area contributed by atoms with Crippen LogP contribution in [0.2, 0.25) is 0 Å². The average Bonchev–Trinajstić information content (AvgIpc) is 2.40. The van der Waals surface area contributed by atoms with Crippen molar-refractivity contribution < 1.29 is 17.8 Å². The highest BCUT2D eigenvalue weighted by molar-refractivity contribution is 15.0. The van der Waals surface area contributed by atoms with Gasteiger partial charge in [0.1, 0.15) is 12.7 Å². The fourth-order valence-electron chi connectivity index (χ4n) is 1.35. The molecule has 20 heavy (non-hydrogen) atoms. The molecule has 6 nitrogen and oxygen atoms in total. The van der Waals surface area contributed by atoms with Crippen molar-refractivity contribution in [2.75, 3.05) is 11.9 Å². The molecule has 0 saturated carbocycles. The minimum absolute atomic E-state index is 0.0901. The van der Waals surface area contributed by atoms with Crippen LogP contribution in [-0.2, 0) is 21.9 Å². The summed E-state index contributed by atoms with van der Waals surface area (Å²) < 4.78 is 24.2. The lowest BCUT2D eigenvalue weighted by molar-refractivity contribution is -0.708. The van der Waals surface area contributed by atoms with Gasteiger partial charge in [0.15, 0.2) is 6.20 Å². The van der Waals surface area contributed by atoms with Crippen LogP contribution in [0.15, 0.2) is 23.4 Å². The second-order valence-electron chi connectivity index (χ2n) is 3.43. The van der Waals surface area contributed by atoms with Crippen molar-refractivity contribution >= 4 is 58.8 Å². The number of aryl methyl sites for hydroxylation is 1. The van der Waals surface area contributed by atoms with Gasteiger partial charge in [0.25, 0.3) is 0 Å². The van der Waals surface area contributed by atoms with Crippen molar-refractivity contribution in [1.29, 1.82) is 0 Å². The zero-order valence-corrected chi connectivity index (χ0v) is 17.2. The van der Waals surface area contributed by atoms with Crippen molar-refractivity contribution in [3.05, 3.63) is 18.3 Å². The van der Waals surface area contributed by atoms with E-state index >= 15 is 0 Å². The Hall–Kier alpha value is -0.01000. The predicted molar refractivity (Wildman–Crippen MR) is 97.5 cm³/mol. The Balaban J connectivity index is 0. The molecule has 0 fully saturated rings. The van der Waals surface area contributed by atoms with Crippen LogP contribution in [0.1, 0.15) is 20.8 Å². The molecule has 1 aromatic heterocycles. The number of pyridine rings is 1. The minimum Gasteiger partial charge on any atom is -0.309 e. The van der Waals surface area contributed by atoms with E-state index in [2.05, 4.69) is 37.2 Å². The summed E-state index contributed by atoms with van der Waals surface area (Å²) in [6, 6.07) is 3.17. The lowest BCUT2D eigenvalue weighted by Crippen LogP contribution is -2.40. The molecule has 0 unspecified atom stereocenters. The summed E-state index contributed by atoms with van der Waals surface area (Å²) in [7, 11) is -0.828. The van der Waals surface area contributed by atoms with Crippen molar-refractivity contribution in [2.24, 2.45) is 12.2 Å². The third-order valence-electron chi connectivity index (χ3n) is 2.21. The number of halogens is 2. The summed E-state index contributed by atoms with van der Waals surface area (Å²) in [6.07, 6.45) is 1.55. The Kier molecular flexibility index (Phi) is 11.9. The molecule has 0 aromatic carbocycles. The fraction of sp³-hybridized carbons (Fsp3) is 0.455. The lowest BCUT2D eigenvalue weighted by Gasteiger charge is -2.15. The van der Waals surface area contributed by atoms with Crippen LogP contribution in [0.4, 0.5) is 5.69 Å². The van der Waals surface area contributed by atoms with E-state index in [0.717, 1.165) is 0 Å². The number of hydrogen-bond acceptors (Lipinski definition) is 3. The van der Waals surface area contributed by atoms with Crippen LogP contribution in [0.5, 0.6) is 0 Å². The highest BCUT2D eigenvalue weighted by atomic mass is 128. The number of carbonyl (C=O) groups is 1. The Labute approximate surface area is 144 Å². The van der Waals surface area contributed by atoms with Crippen LogP contribution < -0.4 is 14.6 Å². The average molecular weight is 528 g/mol. The molecule has 0 atom stereocenters. The van der Waals surface area contributed by atoms with E-state index in [1.807, 2.05) is 13.8 Å². The van der Waals surface area contributed by atoms with E-state index in [1.165, 1.54) is 29.5 Å². The zero-order chi connectivity index (χ0) is 16.5. The topological polar surface area (TPSA) is 84.3 Å². The SMILES string of the molecule is CC.CC(=O)N(C)c1ccc[n+](C)c1S(N)(=O)=O.II. The number of nitrogens with two attached hydrogens (primary N) is 1. The fourth-order valence-corrected chi connectivity index (χ4v) is 2.31. The first kappa shape index (κ1) is 22.3. The first-order valence-corrected chi connectivity index (χ1v) is 13.5. The molecule has 116 valence electrons. The largest absolute Gasteiger partial charge is 0.335 e. The second kappa shape index (κ2) is 10.7. The van der Waals surface area contributed by atoms with Gasteiger partial charge in [-0.3, -0.25) is 4.79 Å². The van der Waals surface area contributed by atoms with E-state index in [4.69, 9.17) is 5.14 Å². The number of amides is 1. The number of primary sulfonamides is 1. The summed E-state index contributed by atoms with van der Waals surface area (Å²) in [5.74, 6) is -0.267. The van der Waals surface area contributed by atoms with Crippen LogP contribution in [0.3, 0.4) is 0 Å². The standard InChI is InChI=1S/C9H14N3O3S.C2H6.I2/c1-7(13)12(3)8-5-4-6-11(2)9(8)16(10,14)15;2*1-2/h4-6H,1-3H3,(H2,10,14,15);1-2H3;/q+1;;. The highest BCUT2D eigenvalue weighted by Gasteiger charge is 2.28. The summed E-state index contributed by atoms with van der Waals surface area (Å²) >= 11 is 4.24. The molecule has 0 spiro atoms. The quantitative estimate of drug-likeness (QED) is 0.471. The number of sulfonamides is 1. The molecule has 0 saturated heterocycles. The number of rotatable bonds is 2. The third kappa shape index (κ3) is 6.63. The number of carbonyl (C=O) groups excluding carboxylic acids is 1. The zero-order valence-electron chi connectivity index (χ0n) is 12.1. The van der Waals surface area contributed by atoms with E-state index in [0.29, 0.717) is 0 Å². The van der Waals surface area contributed by atoms with Gasteiger partial charge >= 0.3 is 15.0 Å². The maximum Gasteiger partial charge on any atom is 0.335 e. The molecule has 1 heterocycles. The van der Waals surface area contributed by atoms with E-state index in [1.54, 1.807) is 19.3 Å². The number of nitrogens with zero attached hydrogens (tertiary/aromatic N) is 2. The van der Waals surface area contributed by atoms with Gasteiger partial charge in [-0.15, -0.1) is 0 Å². The van der Waals surface area contributed by atoms with Gasteiger partial charge in [-0.1, -0.05) is 13.8 Å². The van der Waals surface area contributed by atoms with Crippen LogP contribution >= 0.6 is 37.2 Å². The monoisotopic (exact) mass is 528 g/mol. The predicted octanol–water partition coefficient (Wildman–Crippen LogP) is 1.94. The Morgan fingerprint density at radius 1 is 1.35 bits per heavy atom. The molecule has 9 heteroatoms. The van der Waals surface area contributed by atoms with Crippen molar-refractivity contribution in [3.8, 4) is 0 Å². The first-order valence-electron chi connectivity index (χ1n) is 5.65. The molecule has 0 aliphatic rings. The van der Waals surface area contributed by atoms with E-state index in [9.17, 15) is 13.2 Å². The van der Waals surface area contributed by atoms with Crippen LogP contribution in [-0.4, -0.2) is 21.4 Å². The van der Waals surface area contributed by atoms with Crippen molar-refractivity contribution in [1.82, 2.24) is 0 Å². The molecule has 1 rings (SSSR count).